The van der Waals surface area contributed by atoms with Crippen LogP contribution in [0.5, 0.6) is 23.0 Å². The number of carboxylic acids is 3. The number of benzene rings is 6. The molecule has 12 rings (SSSR count). The molecule has 0 saturated heterocycles. The van der Waals surface area contributed by atoms with Crippen molar-refractivity contribution in [1.82, 2.24) is 5.32 Å². The van der Waals surface area contributed by atoms with Gasteiger partial charge in [-0.25, -0.2) is 0 Å². The van der Waals surface area contributed by atoms with Crippen molar-refractivity contribution in [3.05, 3.63) is 151 Å². The molecule has 30 heteroatoms. The number of ether oxygens (including phenoxy) is 2. The number of hydrogen-bond donors (Lipinski definition) is 10. The minimum absolute atomic E-state index is 0.00168. The van der Waals surface area contributed by atoms with Crippen LogP contribution in [0.15, 0.2) is 53.4 Å². The van der Waals surface area contributed by atoms with Crippen LogP contribution in [0, 0.1) is 22.7 Å². The molecule has 0 aromatic heterocycles. The predicted octanol–water partition coefficient (Wildman–Crippen LogP) is 4.84. The average Bonchev–Trinajstić information content (AvgIpc) is 0.896. The number of halogens is 3. The number of carbonyl (C=O) groups excluding carboxylic acids is 1. The van der Waals surface area contributed by atoms with E-state index in [1.165, 1.54) is 12.1 Å². The van der Waals surface area contributed by atoms with E-state index in [2.05, 4.69) is 5.32 Å². The first kappa shape index (κ1) is 79.7. The number of carbonyl (C=O) groups is 4. The number of amides is 1. The van der Waals surface area contributed by atoms with Crippen molar-refractivity contribution in [3.63, 3.8) is 0 Å². The second-order valence-corrected chi connectivity index (χ2v) is 45.6. The summed E-state index contributed by atoms with van der Waals surface area (Å²) >= 11 is -2.51. The van der Waals surface area contributed by atoms with Crippen LogP contribution >= 0.6 is 46.6 Å². The van der Waals surface area contributed by atoms with Gasteiger partial charge in [-0.3, -0.25) is 4.79 Å². The summed E-state index contributed by atoms with van der Waals surface area (Å²) in [5.74, 6) is -6.08. The zero-order valence-electron chi connectivity index (χ0n) is 58.9. The fourth-order valence-electron chi connectivity index (χ4n) is 16.2. The number of fused-ring (bicyclic) bond motifs is 8. The van der Waals surface area contributed by atoms with Crippen LogP contribution in [0.4, 0.5) is 0 Å². The van der Waals surface area contributed by atoms with Gasteiger partial charge in [0, 0.05) is 6.42 Å². The van der Waals surface area contributed by atoms with Crippen LogP contribution in [-0.2, 0) is 48.2 Å². The van der Waals surface area contributed by atoms with E-state index in [-0.39, 0.29) is 117 Å². The fourth-order valence-corrected chi connectivity index (χ4v) is 26.2. The van der Waals surface area contributed by atoms with Gasteiger partial charge in [-0.2, -0.15) is 0 Å². The third kappa shape index (κ3) is 14.5. The summed E-state index contributed by atoms with van der Waals surface area (Å²) in [7, 11) is 0. The summed E-state index contributed by atoms with van der Waals surface area (Å²) in [5.41, 5.74) is 1.92. The first-order valence-electron chi connectivity index (χ1n) is 33.7. The Kier molecular flexibility index (Phi) is 21.4. The van der Waals surface area contributed by atoms with Crippen molar-refractivity contribution in [2.45, 2.75) is 162 Å². The molecule has 6 aromatic rings. The van der Waals surface area contributed by atoms with E-state index in [0.717, 1.165) is 17.3 Å². The SMILES string of the molecule is CC1C=c2c(cc3c(c2[As](=O)([O-])O)Oc2c(cc4c(c2[As](=O)(O)O)CC(C)C4(C)C)C=3c2ccc(C(=O)O)cc2)C1(C)C.CC1CC(C)(C)Cc2c1cc1c(c2[As](=O)(O)O)Oc2c([As](=O)([O-])O)c3c(cc2=C1c1c(Cl)c(SCC(=O)NCCCCCC(=O)O)c(Cl)c(Cl)c1C(=O)O)C(C)CC(C)(C)C=3. The van der Waals surface area contributed by atoms with Gasteiger partial charge in [0.1, 0.15) is 0 Å². The average molecular weight is 1760 g/mol. The van der Waals surface area contributed by atoms with E-state index < -0.39 is 133 Å². The molecule has 0 fully saturated rings. The van der Waals surface area contributed by atoms with E-state index in [9.17, 15) is 77.1 Å². The van der Waals surface area contributed by atoms with Gasteiger partial charge in [-0.1, -0.05) is 6.42 Å². The Morgan fingerprint density at radius 3 is 1.73 bits per heavy atom. The van der Waals surface area contributed by atoms with Crippen molar-refractivity contribution in [3.8, 4) is 23.0 Å². The molecule has 6 unspecified atom stereocenters. The molecular formula is C74H80As4Cl3NO21S-2. The first-order valence-corrected chi connectivity index (χ1v) is 49.2. The van der Waals surface area contributed by atoms with Gasteiger partial charge in [-0.05, 0) is 12.8 Å². The van der Waals surface area contributed by atoms with Crippen LogP contribution in [-0.4, -0.2) is 133 Å². The zero-order chi connectivity index (χ0) is 76.9. The summed E-state index contributed by atoms with van der Waals surface area (Å²) in [4.78, 5) is 48.9. The molecule has 104 heavy (non-hydrogen) atoms. The monoisotopic (exact) mass is 1760 g/mol. The Hall–Kier alpha value is -5.39. The molecule has 0 spiro atoms. The van der Waals surface area contributed by atoms with E-state index in [1.54, 1.807) is 36.4 Å². The molecule has 0 saturated carbocycles. The van der Waals surface area contributed by atoms with Crippen LogP contribution in [0.1, 0.15) is 210 Å². The summed E-state index contributed by atoms with van der Waals surface area (Å²) in [6, 6.07) is 13.1. The summed E-state index contributed by atoms with van der Waals surface area (Å²) in [6.07, 6.45) is 6.87. The number of thioether (sulfide) groups is 1. The van der Waals surface area contributed by atoms with Crippen LogP contribution in [0.25, 0.3) is 23.3 Å². The Morgan fingerprint density at radius 2 is 1.17 bits per heavy atom. The molecular weight excluding hydrogens is 1680 g/mol. The van der Waals surface area contributed by atoms with Crippen molar-refractivity contribution in [2.75, 3.05) is 12.3 Å². The number of aromatic carboxylic acids is 2. The normalized spacial score (nSPS) is 20.8. The van der Waals surface area contributed by atoms with Gasteiger partial charge in [0.2, 0.25) is 0 Å². The van der Waals surface area contributed by atoms with Gasteiger partial charge in [0.15, 0.2) is 0 Å². The summed E-state index contributed by atoms with van der Waals surface area (Å²) < 4.78 is 158. The molecule has 0 radical (unpaired) electrons. The molecule has 556 valence electrons. The minimum atomic E-state index is -6.36. The third-order valence-corrected chi connectivity index (χ3v) is 32.8. The third-order valence-electron chi connectivity index (χ3n) is 21.5. The standard InChI is InChI=1S/C42H48As2Cl3NO12S.C32H34As2O9/c1-19-14-41(3,4)16-25-21(19)12-23-29(30-31(40(52)53)34(45)36(47)39(35(30)46)61-18-27(49)48-11-9-7-8-10-28(50)51)24-13-22-20(2)15-42(5,6)17-26(22)33(44(57,58)59)38(24)60-37(23)32(25)43(54,55)56;1-15-11-19-23(31(15,3)4)13-21-25(17-7-9-18(10-8-17)30(35)36)22-14-24-20(12-16(2)32(24,5)6)27(34(40,41)42)29(22)43-28(21)26(19)33(37,38)39/h12-13,16,19-20H,7-11,14-15,17-18H2,1-6H3,(H,48,49)(H,50,51)(H,52,53)(H2,54,55,56)(H2,57,58,59);7-11,13-16H,12H2,1-6H3,(H,35,36)(H2,37,38,39)(H2,40,41,42)/p-2. The van der Waals surface area contributed by atoms with Crippen LogP contribution < -0.4 is 61.3 Å². The van der Waals surface area contributed by atoms with Crippen LogP contribution in [0.2, 0.25) is 15.1 Å². The van der Waals surface area contributed by atoms with Crippen molar-refractivity contribution in [2.24, 2.45) is 22.7 Å². The second kappa shape index (κ2) is 27.9. The van der Waals surface area contributed by atoms with Crippen LogP contribution in [0.3, 0.4) is 0 Å². The molecule has 0 bridgehead atoms. The Labute approximate surface area is 630 Å². The van der Waals surface area contributed by atoms with Gasteiger partial charge in [0.05, 0.1) is 0 Å². The Balaban J connectivity index is 0.000000221. The number of unbranched alkanes of at least 4 members (excludes halogenated alkanes) is 2. The second-order valence-electron chi connectivity index (χ2n) is 30.8. The molecule has 6 aromatic carbocycles. The van der Waals surface area contributed by atoms with Gasteiger partial charge >= 0.3 is 600 Å². The summed E-state index contributed by atoms with van der Waals surface area (Å²) in [5, 5.41) is 31.8. The molecule has 10 N–H and O–H groups in total. The van der Waals surface area contributed by atoms with Crippen molar-refractivity contribution in [1.29, 1.82) is 0 Å². The van der Waals surface area contributed by atoms with E-state index in [4.69, 9.17) is 49.4 Å². The molecule has 1 amide bonds. The molecule has 4 aliphatic carbocycles. The van der Waals surface area contributed by atoms with Gasteiger partial charge in [-0.15, -0.1) is 0 Å². The molecule has 2 heterocycles. The Bertz CT molecular complexity index is 5240. The summed E-state index contributed by atoms with van der Waals surface area (Å²) in [6.45, 7) is 23.8. The molecule has 6 atom stereocenters. The Morgan fingerprint density at radius 1 is 0.615 bits per heavy atom. The zero-order valence-corrected chi connectivity index (χ0v) is 69.5. The van der Waals surface area contributed by atoms with Crippen molar-refractivity contribution >= 4 is 168 Å². The predicted molar refractivity (Wildman–Crippen MR) is 391 cm³/mol. The number of nitrogens with one attached hydrogen (secondary N) is 1. The number of carboxylic acid groups (broad SMARTS) is 3. The molecule has 2 aliphatic heterocycles. The fraction of sp³-hybridized carbons (Fsp3) is 0.405. The first-order chi connectivity index (χ1) is 47.9. The van der Waals surface area contributed by atoms with E-state index >= 15 is 0 Å². The van der Waals surface area contributed by atoms with E-state index in [1.807, 2.05) is 95.2 Å². The molecule has 6 aliphatic rings. The number of aliphatic carboxylic acids is 1. The number of hydrogen-bond acceptors (Lipinski definition) is 13. The number of rotatable bonds is 17. The van der Waals surface area contributed by atoms with Gasteiger partial charge in [0.25, 0.3) is 0 Å². The maximum absolute atomic E-state index is 13.9. The van der Waals surface area contributed by atoms with Gasteiger partial charge < -0.3 is 5.11 Å². The topological polar surface area (TPSA) is 395 Å². The van der Waals surface area contributed by atoms with E-state index in [0.29, 0.717) is 93.5 Å². The quantitative estimate of drug-likeness (QED) is 0.0252. The maximum atomic E-state index is 13.9. The van der Waals surface area contributed by atoms with Crippen molar-refractivity contribution < 1.29 is 91.7 Å². The molecule has 22 nitrogen and oxygen atoms in total.